The molecule has 0 unspecified atom stereocenters. The molecule has 5 nitrogen and oxygen atoms in total. The van der Waals surface area contributed by atoms with Crippen molar-refractivity contribution in [3.8, 4) is 34.1 Å². The largest absolute Gasteiger partial charge is 2.00 e. The molecular formula is C43H42N4OPt. The van der Waals surface area contributed by atoms with Gasteiger partial charge in [-0.1, -0.05) is 63.5 Å². The maximum absolute atomic E-state index is 6.45. The van der Waals surface area contributed by atoms with Crippen molar-refractivity contribution in [3.05, 3.63) is 131 Å². The number of pyridine rings is 1. The predicted octanol–water partition coefficient (Wildman–Crippen LogP) is 11.0. The van der Waals surface area contributed by atoms with Gasteiger partial charge in [0.15, 0.2) is 0 Å². The van der Waals surface area contributed by atoms with Crippen LogP contribution in [0.15, 0.2) is 85.1 Å². The van der Waals surface area contributed by atoms with Crippen molar-refractivity contribution < 1.29 is 25.8 Å². The monoisotopic (exact) mass is 825 g/mol. The van der Waals surface area contributed by atoms with Crippen molar-refractivity contribution in [2.45, 2.75) is 67.7 Å². The average Bonchev–Trinajstić information content (AvgIpc) is 3.53. The van der Waals surface area contributed by atoms with Crippen molar-refractivity contribution in [1.29, 1.82) is 0 Å². The van der Waals surface area contributed by atoms with Gasteiger partial charge in [0.2, 0.25) is 0 Å². The number of nitrogens with zero attached hydrogens (tertiary/aromatic N) is 4. The number of hydrogen-bond donors (Lipinski definition) is 0. The third kappa shape index (κ3) is 6.49. The smallest absolute Gasteiger partial charge is 0.509 e. The zero-order chi connectivity index (χ0) is 33.7. The summed E-state index contributed by atoms with van der Waals surface area (Å²) in [5.41, 5.74) is 12.7. The van der Waals surface area contributed by atoms with Crippen molar-refractivity contribution in [1.82, 2.24) is 19.3 Å². The van der Waals surface area contributed by atoms with Crippen LogP contribution in [0.2, 0.25) is 0 Å². The van der Waals surface area contributed by atoms with Crippen molar-refractivity contribution in [2.75, 3.05) is 0 Å². The first-order valence-corrected chi connectivity index (χ1v) is 16.9. The number of hydrogen-bond acceptors (Lipinski definition) is 3. The molecule has 49 heavy (non-hydrogen) atoms. The van der Waals surface area contributed by atoms with Crippen LogP contribution in [0.4, 0.5) is 0 Å². The molecule has 0 saturated carbocycles. The topological polar surface area (TPSA) is 44.9 Å². The Morgan fingerprint density at radius 3 is 2.31 bits per heavy atom. The van der Waals surface area contributed by atoms with E-state index in [1.54, 1.807) is 0 Å². The van der Waals surface area contributed by atoms with E-state index in [0.29, 0.717) is 23.3 Å². The average molecular weight is 826 g/mol. The van der Waals surface area contributed by atoms with Crippen LogP contribution in [0.5, 0.6) is 11.5 Å². The second-order valence-corrected chi connectivity index (χ2v) is 13.7. The van der Waals surface area contributed by atoms with E-state index >= 15 is 0 Å². The van der Waals surface area contributed by atoms with E-state index in [9.17, 15) is 0 Å². The van der Waals surface area contributed by atoms with Gasteiger partial charge in [-0.05, 0) is 103 Å². The van der Waals surface area contributed by atoms with Gasteiger partial charge in [-0.3, -0.25) is 4.68 Å². The zero-order valence-electron chi connectivity index (χ0n) is 29.5. The molecule has 0 bridgehead atoms. The second-order valence-electron chi connectivity index (χ2n) is 13.7. The quantitative estimate of drug-likeness (QED) is 0.143. The number of benzene rings is 4. The van der Waals surface area contributed by atoms with E-state index in [0.717, 1.165) is 56.7 Å². The minimum atomic E-state index is 0. The first-order chi connectivity index (χ1) is 23.1. The summed E-state index contributed by atoms with van der Waals surface area (Å²) >= 11 is 0. The Morgan fingerprint density at radius 2 is 1.55 bits per heavy atom. The molecule has 3 aromatic heterocycles. The fourth-order valence-electron chi connectivity index (χ4n) is 6.97. The van der Waals surface area contributed by atoms with Crippen LogP contribution in [0.1, 0.15) is 67.3 Å². The van der Waals surface area contributed by atoms with Gasteiger partial charge >= 0.3 is 21.1 Å². The van der Waals surface area contributed by atoms with Gasteiger partial charge in [-0.2, -0.15) is 17.2 Å². The van der Waals surface area contributed by atoms with Gasteiger partial charge in [0, 0.05) is 34.5 Å². The minimum Gasteiger partial charge on any atom is -0.509 e. The molecule has 3 heterocycles. The maximum atomic E-state index is 6.45. The minimum absolute atomic E-state index is 0. The molecular weight excluding hydrogens is 784 g/mol. The fourth-order valence-corrected chi connectivity index (χ4v) is 6.97. The molecule has 0 aliphatic carbocycles. The van der Waals surface area contributed by atoms with Gasteiger partial charge in [0.25, 0.3) is 0 Å². The van der Waals surface area contributed by atoms with E-state index in [1.807, 2.05) is 41.2 Å². The van der Waals surface area contributed by atoms with Crippen molar-refractivity contribution in [3.63, 3.8) is 0 Å². The molecule has 0 aliphatic heterocycles. The molecule has 7 rings (SSSR count). The Bertz CT molecular complexity index is 2310. The molecule has 0 radical (unpaired) electrons. The van der Waals surface area contributed by atoms with Crippen LogP contribution in [0.25, 0.3) is 44.4 Å². The molecule has 0 N–H and O–H groups in total. The molecule has 0 fully saturated rings. The molecule has 7 aromatic rings. The van der Waals surface area contributed by atoms with Crippen molar-refractivity contribution >= 4 is 21.8 Å². The van der Waals surface area contributed by atoms with Crippen LogP contribution in [-0.4, -0.2) is 19.3 Å². The van der Waals surface area contributed by atoms with Gasteiger partial charge in [-0.25, -0.2) is 4.98 Å². The van der Waals surface area contributed by atoms with Gasteiger partial charge in [0.1, 0.15) is 5.82 Å². The van der Waals surface area contributed by atoms with Crippen LogP contribution in [-0.2, 0) is 27.5 Å². The Morgan fingerprint density at radius 1 is 0.776 bits per heavy atom. The summed E-state index contributed by atoms with van der Waals surface area (Å²) in [7, 11) is 0. The Labute approximate surface area is 304 Å². The fraction of sp³-hybridized carbons (Fsp3) is 0.256. The summed E-state index contributed by atoms with van der Waals surface area (Å²) in [6.45, 7) is 17.7. The maximum Gasteiger partial charge on any atom is 2.00 e. The molecule has 6 heteroatoms. The molecule has 0 atom stereocenters. The summed E-state index contributed by atoms with van der Waals surface area (Å²) in [5, 5.41) is 7.30. The Hall–Kier alpha value is -4.47. The van der Waals surface area contributed by atoms with E-state index in [-0.39, 0.29) is 21.1 Å². The van der Waals surface area contributed by atoms with Gasteiger partial charge < -0.3 is 9.30 Å². The van der Waals surface area contributed by atoms with E-state index < -0.39 is 0 Å². The van der Waals surface area contributed by atoms with Crippen LogP contribution < -0.4 is 4.74 Å². The molecule has 4 aromatic carbocycles. The molecule has 0 saturated heterocycles. The summed E-state index contributed by atoms with van der Waals surface area (Å²) in [6.07, 6.45) is 2.87. The number of ether oxygens (including phenoxy) is 1. The van der Waals surface area contributed by atoms with Gasteiger partial charge in [-0.15, -0.1) is 35.7 Å². The SMILES string of the molecule is Cc1ccnc(-n2c3[c-]c(Oc4[c-]c(-n5nc(C)c(-c6c(C)cc(C(C)C)cc6CC(C)C)c5C)ccc4)ccc3c3ccccc32)c1.[Pt+2]. The molecule has 0 aliphatic rings. The number of fused-ring (bicyclic) bond motifs is 3. The molecule has 0 spiro atoms. The third-order valence-corrected chi connectivity index (χ3v) is 9.16. The van der Waals surface area contributed by atoms with E-state index in [4.69, 9.17) is 14.8 Å². The summed E-state index contributed by atoms with van der Waals surface area (Å²) in [4.78, 5) is 4.70. The second kappa shape index (κ2) is 13.8. The standard InChI is InChI=1S/C43H42N4O.Pt/c1-26(2)20-33-23-32(27(3)4)22-29(6)42(33)43-30(7)45-47(31(43)8)34-12-11-13-35(24-34)48-36-16-17-38-37-14-9-10-15-39(37)46(40(38)25-36)41-21-28(5)18-19-44-41;/h9-19,21-23,26-27H,20H2,1-8H3;/q-2;+2. The van der Waals surface area contributed by atoms with Crippen molar-refractivity contribution in [2.24, 2.45) is 5.92 Å². The summed E-state index contributed by atoms with van der Waals surface area (Å²) in [5.74, 6) is 3.10. The van der Waals surface area contributed by atoms with Crippen LogP contribution in [0, 0.1) is 45.7 Å². The first kappa shape index (κ1) is 34.4. The van der Waals surface area contributed by atoms with E-state index in [2.05, 4.69) is 121 Å². The predicted molar refractivity (Wildman–Crippen MR) is 197 cm³/mol. The number of para-hydroxylation sites is 1. The zero-order valence-corrected chi connectivity index (χ0v) is 31.7. The van der Waals surface area contributed by atoms with Crippen LogP contribution >= 0.6 is 0 Å². The number of aryl methyl sites for hydroxylation is 3. The summed E-state index contributed by atoms with van der Waals surface area (Å²) < 4.78 is 10.6. The molecule has 0 amide bonds. The van der Waals surface area contributed by atoms with Crippen LogP contribution in [0.3, 0.4) is 0 Å². The molecule has 250 valence electrons. The Balaban J connectivity index is 0.00000417. The summed E-state index contributed by atoms with van der Waals surface area (Å²) in [6, 6.07) is 34.4. The first-order valence-electron chi connectivity index (χ1n) is 16.9. The normalized spacial score (nSPS) is 11.6. The number of aromatic nitrogens is 4. The van der Waals surface area contributed by atoms with E-state index in [1.165, 1.54) is 27.8 Å². The van der Waals surface area contributed by atoms with Gasteiger partial charge in [0.05, 0.1) is 5.69 Å². The third-order valence-electron chi connectivity index (χ3n) is 9.16. The number of rotatable bonds is 8. The Kier molecular flexibility index (Phi) is 9.69.